The summed E-state index contributed by atoms with van der Waals surface area (Å²) in [6, 6.07) is 15.4. The predicted octanol–water partition coefficient (Wildman–Crippen LogP) is 4.65. The average molecular weight is 435 g/mol. The molecule has 0 saturated carbocycles. The van der Waals surface area contributed by atoms with E-state index in [-0.39, 0.29) is 30.1 Å². The number of carbonyl (C=O) groups excluding carboxylic acids is 2. The molecule has 7 heteroatoms. The Bertz CT molecular complexity index is 1100. The molecular formula is C25H26FN3O3. The Labute approximate surface area is 186 Å². The summed E-state index contributed by atoms with van der Waals surface area (Å²) in [5.74, 6) is -0.787. The fourth-order valence-corrected chi connectivity index (χ4v) is 4.01. The van der Waals surface area contributed by atoms with Gasteiger partial charge in [-0.15, -0.1) is 0 Å². The zero-order valence-electron chi connectivity index (χ0n) is 18.3. The van der Waals surface area contributed by atoms with Crippen LogP contribution in [0, 0.1) is 12.7 Å². The van der Waals surface area contributed by atoms with Crippen molar-refractivity contribution in [2.75, 3.05) is 19.7 Å². The van der Waals surface area contributed by atoms with Crippen molar-refractivity contribution in [3.63, 3.8) is 0 Å². The van der Waals surface area contributed by atoms with Gasteiger partial charge in [0.1, 0.15) is 5.82 Å². The van der Waals surface area contributed by atoms with E-state index in [1.54, 1.807) is 25.1 Å². The molecule has 166 valence electrons. The van der Waals surface area contributed by atoms with Gasteiger partial charge in [-0.25, -0.2) is 9.18 Å². The molecule has 0 N–H and O–H groups in total. The third-order valence-electron chi connectivity index (χ3n) is 5.76. The van der Waals surface area contributed by atoms with Crippen LogP contribution in [0.5, 0.6) is 0 Å². The Kier molecular flexibility index (Phi) is 6.35. The van der Waals surface area contributed by atoms with Crippen LogP contribution in [-0.4, -0.2) is 46.3 Å². The lowest BCUT2D eigenvalue weighted by molar-refractivity contribution is 0.0517. The molecule has 32 heavy (non-hydrogen) atoms. The summed E-state index contributed by atoms with van der Waals surface area (Å²) in [6.45, 7) is 5.18. The number of hydrogen-bond donors (Lipinski definition) is 0. The third-order valence-corrected chi connectivity index (χ3v) is 5.76. The first-order valence-corrected chi connectivity index (χ1v) is 10.8. The second-order valence-electron chi connectivity index (χ2n) is 7.98. The van der Waals surface area contributed by atoms with E-state index in [0.29, 0.717) is 31.5 Å². The topological polar surface area (TPSA) is 64.4 Å². The first-order valence-electron chi connectivity index (χ1n) is 10.8. The second kappa shape index (κ2) is 9.34. The van der Waals surface area contributed by atoms with Crippen LogP contribution >= 0.6 is 0 Å². The summed E-state index contributed by atoms with van der Waals surface area (Å²) in [4.78, 5) is 27.0. The molecule has 0 spiro atoms. The van der Waals surface area contributed by atoms with Crippen molar-refractivity contribution < 1.29 is 18.7 Å². The molecule has 1 amide bonds. The van der Waals surface area contributed by atoms with Gasteiger partial charge in [-0.1, -0.05) is 17.7 Å². The van der Waals surface area contributed by atoms with Crippen LogP contribution in [0.25, 0.3) is 11.3 Å². The van der Waals surface area contributed by atoms with Gasteiger partial charge in [0, 0.05) is 24.2 Å². The fraction of sp³-hybridized carbons (Fsp3) is 0.320. The van der Waals surface area contributed by atoms with Crippen LogP contribution in [0.4, 0.5) is 4.39 Å². The molecule has 0 aliphatic carbocycles. The maximum atomic E-state index is 13.4. The molecule has 4 rings (SSSR count). The van der Waals surface area contributed by atoms with E-state index in [1.165, 1.54) is 12.1 Å². The number of amides is 1. The van der Waals surface area contributed by atoms with Crippen molar-refractivity contribution in [2.24, 2.45) is 0 Å². The molecule has 2 heterocycles. The van der Waals surface area contributed by atoms with Crippen LogP contribution in [0.3, 0.4) is 0 Å². The van der Waals surface area contributed by atoms with Gasteiger partial charge in [-0.3, -0.25) is 9.48 Å². The molecule has 0 bridgehead atoms. The number of halogens is 1. The average Bonchev–Trinajstić information content (AvgIpc) is 3.25. The van der Waals surface area contributed by atoms with Gasteiger partial charge in [0.2, 0.25) is 0 Å². The lowest BCUT2D eigenvalue weighted by Crippen LogP contribution is -2.39. The van der Waals surface area contributed by atoms with E-state index in [9.17, 15) is 14.0 Å². The molecule has 3 aromatic rings. The number of aromatic nitrogens is 2. The molecule has 1 aliphatic heterocycles. The molecule has 6 nitrogen and oxygen atoms in total. The van der Waals surface area contributed by atoms with Crippen molar-refractivity contribution >= 4 is 11.9 Å². The van der Waals surface area contributed by atoms with E-state index >= 15 is 0 Å². The number of nitrogens with zero attached hydrogens (tertiary/aromatic N) is 3. The minimum Gasteiger partial charge on any atom is -0.461 e. The lowest BCUT2D eigenvalue weighted by atomic mass is 10.0. The zero-order valence-corrected chi connectivity index (χ0v) is 18.3. The minimum absolute atomic E-state index is 0.0142. The highest BCUT2D eigenvalue weighted by atomic mass is 19.1. The maximum absolute atomic E-state index is 13.4. The molecule has 1 fully saturated rings. The standard InChI is InChI=1S/C25H26FN3O3/c1-3-32-25(31)22-16-23(18-8-10-20(26)11-9-18)29(27-22)21-12-14-28(15-13-21)24(30)19-6-4-17(2)5-7-19/h4-11,16,21H,3,12-15H2,1-2H3. The smallest absolute Gasteiger partial charge is 0.358 e. The summed E-state index contributed by atoms with van der Waals surface area (Å²) in [7, 11) is 0. The molecule has 0 unspecified atom stereocenters. The van der Waals surface area contributed by atoms with E-state index in [0.717, 1.165) is 16.8 Å². The highest BCUT2D eigenvalue weighted by Crippen LogP contribution is 2.30. The third kappa shape index (κ3) is 4.56. The molecule has 0 atom stereocenters. The quantitative estimate of drug-likeness (QED) is 0.547. The minimum atomic E-state index is -0.485. The van der Waals surface area contributed by atoms with Crippen molar-refractivity contribution in [1.82, 2.24) is 14.7 Å². The first-order chi connectivity index (χ1) is 15.5. The summed E-state index contributed by atoms with van der Waals surface area (Å²) in [5, 5.41) is 4.53. The van der Waals surface area contributed by atoms with E-state index in [1.807, 2.05) is 40.8 Å². The van der Waals surface area contributed by atoms with E-state index in [2.05, 4.69) is 5.10 Å². The van der Waals surface area contributed by atoms with Crippen LogP contribution in [0.15, 0.2) is 54.6 Å². The number of hydrogen-bond acceptors (Lipinski definition) is 4. The number of aryl methyl sites for hydroxylation is 1. The molecule has 1 aliphatic rings. The predicted molar refractivity (Wildman–Crippen MR) is 119 cm³/mol. The summed E-state index contributed by atoms with van der Waals surface area (Å²) >= 11 is 0. The van der Waals surface area contributed by atoms with E-state index < -0.39 is 5.97 Å². The lowest BCUT2D eigenvalue weighted by Gasteiger charge is -2.33. The molecular weight excluding hydrogens is 409 g/mol. The Balaban J connectivity index is 1.55. The van der Waals surface area contributed by atoms with Gasteiger partial charge in [0.05, 0.1) is 18.3 Å². The molecule has 2 aromatic carbocycles. The number of esters is 1. The van der Waals surface area contributed by atoms with E-state index in [4.69, 9.17) is 4.74 Å². The van der Waals surface area contributed by atoms with Crippen LogP contribution in [-0.2, 0) is 4.74 Å². The Morgan fingerprint density at radius 3 is 2.34 bits per heavy atom. The van der Waals surface area contributed by atoms with Crippen LogP contribution in [0.2, 0.25) is 0 Å². The number of piperidine rings is 1. The monoisotopic (exact) mass is 435 g/mol. The van der Waals surface area contributed by atoms with Gasteiger partial charge >= 0.3 is 5.97 Å². The van der Waals surface area contributed by atoms with Crippen LogP contribution in [0.1, 0.15) is 52.2 Å². The summed E-state index contributed by atoms with van der Waals surface area (Å²) < 4.78 is 20.4. The van der Waals surface area contributed by atoms with Crippen molar-refractivity contribution in [3.05, 3.63) is 77.2 Å². The van der Waals surface area contributed by atoms with Crippen molar-refractivity contribution in [3.8, 4) is 11.3 Å². The summed E-state index contributed by atoms with van der Waals surface area (Å²) in [5.41, 5.74) is 3.53. The van der Waals surface area contributed by atoms with Crippen LogP contribution < -0.4 is 0 Å². The Morgan fingerprint density at radius 2 is 1.72 bits per heavy atom. The molecule has 1 saturated heterocycles. The summed E-state index contributed by atoms with van der Waals surface area (Å²) in [6.07, 6.45) is 1.41. The van der Waals surface area contributed by atoms with Crippen molar-refractivity contribution in [1.29, 1.82) is 0 Å². The van der Waals surface area contributed by atoms with Gasteiger partial charge in [0.25, 0.3) is 5.91 Å². The zero-order chi connectivity index (χ0) is 22.7. The van der Waals surface area contributed by atoms with Gasteiger partial charge < -0.3 is 9.64 Å². The number of likely N-dealkylation sites (tertiary alicyclic amines) is 1. The first kappa shape index (κ1) is 21.7. The SMILES string of the molecule is CCOC(=O)c1cc(-c2ccc(F)cc2)n(C2CCN(C(=O)c3ccc(C)cc3)CC2)n1. The van der Waals surface area contributed by atoms with Crippen molar-refractivity contribution in [2.45, 2.75) is 32.7 Å². The van der Waals surface area contributed by atoms with Gasteiger partial charge in [-0.05, 0) is 69.2 Å². The second-order valence-corrected chi connectivity index (χ2v) is 7.98. The Morgan fingerprint density at radius 1 is 1.06 bits per heavy atom. The molecule has 0 radical (unpaired) electrons. The van der Waals surface area contributed by atoms with Gasteiger partial charge in [0.15, 0.2) is 5.69 Å². The number of ether oxygens (including phenoxy) is 1. The maximum Gasteiger partial charge on any atom is 0.358 e. The largest absolute Gasteiger partial charge is 0.461 e. The number of benzene rings is 2. The number of carbonyl (C=O) groups is 2. The highest BCUT2D eigenvalue weighted by molar-refractivity contribution is 5.94. The van der Waals surface area contributed by atoms with Gasteiger partial charge in [-0.2, -0.15) is 5.10 Å². The normalized spacial score (nSPS) is 14.4. The fourth-order valence-electron chi connectivity index (χ4n) is 4.01. The highest BCUT2D eigenvalue weighted by Gasteiger charge is 2.28. The molecule has 1 aromatic heterocycles. The Hall–Kier alpha value is -3.48. The number of rotatable bonds is 5.